The van der Waals surface area contributed by atoms with Crippen LogP contribution in [0, 0.1) is 5.82 Å². The van der Waals surface area contributed by atoms with Gasteiger partial charge in [-0.2, -0.15) is 0 Å². The highest BCUT2D eigenvalue weighted by atomic mass is 19.1. The fourth-order valence-electron chi connectivity index (χ4n) is 2.41. The second-order valence-electron chi connectivity index (χ2n) is 6.71. The van der Waals surface area contributed by atoms with Crippen molar-refractivity contribution in [3.05, 3.63) is 24.0 Å². The molecular weight excluding hydrogens is 299 g/mol. The molecule has 0 saturated carbocycles. The van der Waals surface area contributed by atoms with Crippen molar-refractivity contribution in [2.24, 2.45) is 0 Å². The summed E-state index contributed by atoms with van der Waals surface area (Å²) in [6, 6.07) is 4.88. The summed E-state index contributed by atoms with van der Waals surface area (Å²) in [7, 11) is 0. The van der Waals surface area contributed by atoms with Gasteiger partial charge >= 0.3 is 6.09 Å². The summed E-state index contributed by atoms with van der Waals surface area (Å²) in [5.41, 5.74) is 0.245. The van der Waals surface area contributed by atoms with Gasteiger partial charge in [-0.1, -0.05) is 0 Å². The first kappa shape index (κ1) is 17.5. The normalized spacial score (nSPS) is 18.9. The lowest BCUT2D eigenvalue weighted by Crippen LogP contribution is -2.27. The number of nitrogens with one attached hydrogen (secondary N) is 2. The molecule has 1 aromatic carbocycles. The lowest BCUT2D eigenvalue weighted by molar-refractivity contribution is 0.0635. The number of benzene rings is 1. The molecule has 128 valence electrons. The van der Waals surface area contributed by atoms with Crippen LogP contribution in [0.15, 0.2) is 18.2 Å². The van der Waals surface area contributed by atoms with Crippen molar-refractivity contribution in [3.8, 4) is 0 Å². The maximum atomic E-state index is 13.9. The van der Waals surface area contributed by atoms with Crippen molar-refractivity contribution in [1.29, 1.82) is 0 Å². The zero-order valence-electron chi connectivity index (χ0n) is 13.9. The molecule has 1 aromatic rings. The smallest absolute Gasteiger partial charge is 0.412 e. The lowest BCUT2D eigenvalue weighted by Gasteiger charge is -2.21. The molecule has 5 nitrogen and oxygen atoms in total. The first-order valence-electron chi connectivity index (χ1n) is 7.97. The van der Waals surface area contributed by atoms with E-state index in [1.807, 2.05) is 0 Å². The molecular formula is C17H25FN2O3. The minimum absolute atomic E-state index is 0.106. The topological polar surface area (TPSA) is 59.6 Å². The number of carbonyl (C=O) groups is 1. The predicted octanol–water partition coefficient (Wildman–Crippen LogP) is 4.15. The van der Waals surface area contributed by atoms with Crippen LogP contribution in [0.2, 0.25) is 0 Å². The molecule has 1 unspecified atom stereocenters. The van der Waals surface area contributed by atoms with Gasteiger partial charge in [-0.25, -0.2) is 9.18 Å². The molecule has 23 heavy (non-hydrogen) atoms. The summed E-state index contributed by atoms with van der Waals surface area (Å²) in [5.74, 6) is -0.495. The quantitative estimate of drug-likeness (QED) is 0.877. The molecule has 1 saturated heterocycles. The number of carbonyl (C=O) groups excluding carboxylic acids is 1. The van der Waals surface area contributed by atoms with Crippen molar-refractivity contribution in [2.45, 2.75) is 51.7 Å². The van der Waals surface area contributed by atoms with Gasteiger partial charge in [-0.15, -0.1) is 0 Å². The molecule has 1 aliphatic heterocycles. The maximum Gasteiger partial charge on any atom is 0.412 e. The average molecular weight is 324 g/mol. The van der Waals surface area contributed by atoms with Crippen molar-refractivity contribution in [2.75, 3.05) is 23.8 Å². The van der Waals surface area contributed by atoms with E-state index in [2.05, 4.69) is 10.6 Å². The third kappa shape index (κ3) is 6.06. The van der Waals surface area contributed by atoms with E-state index in [9.17, 15) is 9.18 Å². The molecule has 1 amide bonds. The molecule has 0 spiro atoms. The van der Waals surface area contributed by atoms with Crippen LogP contribution in [0.4, 0.5) is 20.6 Å². The van der Waals surface area contributed by atoms with Gasteiger partial charge in [0.1, 0.15) is 11.4 Å². The lowest BCUT2D eigenvalue weighted by atomic mass is 10.1. The minimum Gasteiger partial charge on any atom is -0.444 e. The highest BCUT2D eigenvalue weighted by Crippen LogP contribution is 2.23. The third-order valence-corrected chi connectivity index (χ3v) is 3.42. The van der Waals surface area contributed by atoms with E-state index in [1.54, 1.807) is 32.9 Å². The van der Waals surface area contributed by atoms with Gasteiger partial charge in [0.05, 0.1) is 5.69 Å². The van der Waals surface area contributed by atoms with E-state index >= 15 is 0 Å². The minimum atomic E-state index is -0.670. The Morgan fingerprint density at radius 2 is 2.09 bits per heavy atom. The Morgan fingerprint density at radius 3 is 2.83 bits per heavy atom. The van der Waals surface area contributed by atoms with E-state index < -0.39 is 17.5 Å². The molecule has 2 N–H and O–H groups in total. The van der Waals surface area contributed by atoms with Gasteiger partial charge in [0.25, 0.3) is 0 Å². The molecule has 1 heterocycles. The Kier molecular flexibility index (Phi) is 5.82. The van der Waals surface area contributed by atoms with Gasteiger partial charge in [0, 0.05) is 24.9 Å². The van der Waals surface area contributed by atoms with Crippen LogP contribution in [0.25, 0.3) is 0 Å². The first-order chi connectivity index (χ1) is 10.8. The molecule has 1 aliphatic rings. The zero-order valence-corrected chi connectivity index (χ0v) is 13.9. The number of anilines is 2. The molecule has 6 heteroatoms. The first-order valence-corrected chi connectivity index (χ1v) is 7.97. The predicted molar refractivity (Wildman–Crippen MR) is 88.3 cm³/mol. The second-order valence-corrected chi connectivity index (χ2v) is 6.71. The van der Waals surface area contributed by atoms with Gasteiger partial charge < -0.3 is 14.8 Å². The summed E-state index contributed by atoms with van der Waals surface area (Å²) in [4.78, 5) is 11.8. The number of hydrogen-bond donors (Lipinski definition) is 2. The SMILES string of the molecule is CC(C)(C)OC(=O)Nc1cc(NC2CCCOCC2)ccc1F. The third-order valence-electron chi connectivity index (χ3n) is 3.42. The van der Waals surface area contributed by atoms with Gasteiger partial charge in [-0.05, 0) is 58.2 Å². The van der Waals surface area contributed by atoms with Crippen LogP contribution in [0.1, 0.15) is 40.0 Å². The van der Waals surface area contributed by atoms with Gasteiger partial charge in [0.2, 0.25) is 0 Å². The molecule has 0 aliphatic carbocycles. The van der Waals surface area contributed by atoms with E-state index in [1.165, 1.54) is 6.07 Å². The molecule has 1 fully saturated rings. The second kappa shape index (κ2) is 7.64. The number of ether oxygens (including phenoxy) is 2. The fraction of sp³-hybridized carbons (Fsp3) is 0.588. The highest BCUT2D eigenvalue weighted by Gasteiger charge is 2.18. The van der Waals surface area contributed by atoms with E-state index in [0.717, 1.165) is 38.2 Å². The van der Waals surface area contributed by atoms with Crippen LogP contribution >= 0.6 is 0 Å². The van der Waals surface area contributed by atoms with Crippen LogP contribution in [-0.4, -0.2) is 30.9 Å². The fourth-order valence-corrected chi connectivity index (χ4v) is 2.41. The van der Waals surface area contributed by atoms with E-state index in [-0.39, 0.29) is 11.7 Å². The van der Waals surface area contributed by atoms with Crippen LogP contribution < -0.4 is 10.6 Å². The van der Waals surface area contributed by atoms with Crippen LogP contribution in [-0.2, 0) is 9.47 Å². The Morgan fingerprint density at radius 1 is 1.30 bits per heavy atom. The largest absolute Gasteiger partial charge is 0.444 e. The maximum absolute atomic E-state index is 13.9. The number of hydrogen-bond acceptors (Lipinski definition) is 4. The van der Waals surface area contributed by atoms with Crippen LogP contribution in [0.3, 0.4) is 0 Å². The Hall–Kier alpha value is -1.82. The molecule has 2 rings (SSSR count). The summed E-state index contributed by atoms with van der Waals surface area (Å²) < 4.78 is 24.5. The number of amides is 1. The van der Waals surface area contributed by atoms with Crippen LogP contribution in [0.5, 0.6) is 0 Å². The molecule has 0 aromatic heterocycles. The summed E-state index contributed by atoms with van der Waals surface area (Å²) in [5, 5.41) is 5.83. The molecule has 0 bridgehead atoms. The average Bonchev–Trinajstić information content (AvgIpc) is 2.69. The standard InChI is InChI=1S/C17H25FN2O3/c1-17(2,3)23-16(21)20-15-11-13(6-7-14(15)18)19-12-5-4-9-22-10-8-12/h6-7,11-12,19H,4-5,8-10H2,1-3H3,(H,20,21). The highest BCUT2D eigenvalue weighted by molar-refractivity contribution is 5.85. The number of halogens is 1. The Labute approximate surface area is 136 Å². The van der Waals surface area contributed by atoms with Crippen molar-refractivity contribution in [3.63, 3.8) is 0 Å². The Balaban J connectivity index is 2.01. The van der Waals surface area contributed by atoms with Crippen molar-refractivity contribution >= 4 is 17.5 Å². The molecule has 0 radical (unpaired) electrons. The molecule has 1 atom stereocenters. The monoisotopic (exact) mass is 324 g/mol. The Bertz CT molecular complexity index is 535. The summed E-state index contributed by atoms with van der Waals surface area (Å²) in [6.07, 6.45) is 2.25. The van der Waals surface area contributed by atoms with E-state index in [4.69, 9.17) is 9.47 Å². The van der Waals surface area contributed by atoms with Gasteiger partial charge in [-0.3, -0.25) is 5.32 Å². The summed E-state index contributed by atoms with van der Waals surface area (Å²) >= 11 is 0. The van der Waals surface area contributed by atoms with Gasteiger partial charge in [0.15, 0.2) is 0 Å². The van der Waals surface area contributed by atoms with E-state index in [0.29, 0.717) is 0 Å². The number of rotatable bonds is 3. The van der Waals surface area contributed by atoms with Crippen molar-refractivity contribution in [1.82, 2.24) is 0 Å². The zero-order chi connectivity index (χ0) is 16.9. The summed E-state index contributed by atoms with van der Waals surface area (Å²) in [6.45, 7) is 6.79. The van der Waals surface area contributed by atoms with Crippen molar-refractivity contribution < 1.29 is 18.7 Å².